The minimum absolute atomic E-state index is 0.0876. The summed E-state index contributed by atoms with van der Waals surface area (Å²) in [5.74, 6) is -1.13. The first-order chi connectivity index (χ1) is 12.4. The molecule has 8 nitrogen and oxygen atoms in total. The van der Waals surface area contributed by atoms with Gasteiger partial charge in [-0.1, -0.05) is 0 Å². The van der Waals surface area contributed by atoms with Gasteiger partial charge in [-0.3, -0.25) is 19.4 Å². The number of carbonyl (C=O) groups excluding carboxylic acids is 1. The van der Waals surface area contributed by atoms with Crippen LogP contribution in [0.5, 0.6) is 0 Å². The second kappa shape index (κ2) is 7.47. The monoisotopic (exact) mass is 356 g/mol. The number of nitrogens with zero attached hydrogens (tertiary/aromatic N) is 2. The molecule has 1 saturated carbocycles. The van der Waals surface area contributed by atoms with Crippen molar-refractivity contribution < 1.29 is 14.7 Å². The minimum Gasteiger partial charge on any atom is -0.481 e. The summed E-state index contributed by atoms with van der Waals surface area (Å²) in [7, 11) is 0. The molecule has 1 aliphatic rings. The zero-order valence-corrected chi connectivity index (χ0v) is 14.4. The van der Waals surface area contributed by atoms with E-state index in [1.165, 1.54) is 0 Å². The predicted molar refractivity (Wildman–Crippen MR) is 93.4 cm³/mol. The Morgan fingerprint density at radius 3 is 2.81 bits per heavy atom. The van der Waals surface area contributed by atoms with E-state index >= 15 is 0 Å². The lowest BCUT2D eigenvalue weighted by molar-refractivity contribution is -0.141. The molecule has 0 unspecified atom stereocenters. The van der Waals surface area contributed by atoms with Crippen LogP contribution in [0.4, 0.5) is 0 Å². The van der Waals surface area contributed by atoms with Gasteiger partial charge in [0.2, 0.25) is 5.91 Å². The number of nitrogens with one attached hydrogen (secondary N) is 2. The Labute approximate surface area is 149 Å². The van der Waals surface area contributed by atoms with E-state index in [1.54, 1.807) is 31.5 Å². The van der Waals surface area contributed by atoms with Gasteiger partial charge in [0.25, 0.3) is 5.56 Å². The van der Waals surface area contributed by atoms with Gasteiger partial charge in [-0.15, -0.1) is 0 Å². The van der Waals surface area contributed by atoms with Crippen molar-refractivity contribution in [3.63, 3.8) is 0 Å². The van der Waals surface area contributed by atoms with Crippen molar-refractivity contribution in [2.24, 2.45) is 5.92 Å². The fraction of sp³-hybridized carbons (Fsp3) is 0.389. The first kappa shape index (κ1) is 17.8. The number of pyridine rings is 1. The van der Waals surface area contributed by atoms with E-state index in [0.29, 0.717) is 41.9 Å². The number of hydrogen-bond acceptors (Lipinski definition) is 5. The number of hydrogen-bond donors (Lipinski definition) is 3. The molecule has 2 atom stereocenters. The molecule has 8 heteroatoms. The molecule has 0 saturated heterocycles. The van der Waals surface area contributed by atoms with Gasteiger partial charge in [-0.05, 0) is 38.3 Å². The fourth-order valence-electron chi connectivity index (χ4n) is 3.23. The van der Waals surface area contributed by atoms with Gasteiger partial charge >= 0.3 is 5.97 Å². The van der Waals surface area contributed by atoms with E-state index < -0.39 is 11.9 Å². The summed E-state index contributed by atoms with van der Waals surface area (Å²) >= 11 is 0. The maximum atomic E-state index is 12.4. The standard InChI is InChI=1S/C18H20N4O4/c1-10-14(8-15(23)21-13-5-4-11(7-13)18(25)26)17(24)22-16(20-10)12-3-2-6-19-9-12/h2-3,6,9,11,13H,4-5,7-8H2,1H3,(H,21,23)(H,25,26)(H,20,22,24)/t11-,13+/m1/s1. The molecular formula is C18H20N4O4. The smallest absolute Gasteiger partial charge is 0.306 e. The number of aromatic amines is 1. The summed E-state index contributed by atoms with van der Waals surface area (Å²) in [6, 6.07) is 3.37. The molecule has 1 amide bonds. The van der Waals surface area contributed by atoms with Crippen LogP contribution in [-0.2, 0) is 16.0 Å². The number of H-pyrrole nitrogens is 1. The SMILES string of the molecule is Cc1nc(-c2cccnc2)[nH]c(=O)c1CC(=O)N[C@H]1CC[C@@H](C(=O)O)C1. The number of carboxylic acids is 1. The van der Waals surface area contributed by atoms with Crippen LogP contribution in [0.25, 0.3) is 11.4 Å². The van der Waals surface area contributed by atoms with Crippen LogP contribution < -0.4 is 10.9 Å². The van der Waals surface area contributed by atoms with Crippen molar-refractivity contribution in [1.82, 2.24) is 20.3 Å². The van der Waals surface area contributed by atoms with Crippen LogP contribution in [0.1, 0.15) is 30.5 Å². The normalized spacial score (nSPS) is 19.3. The molecule has 2 aromatic heterocycles. The van der Waals surface area contributed by atoms with Gasteiger partial charge in [0.05, 0.1) is 12.3 Å². The largest absolute Gasteiger partial charge is 0.481 e. The van der Waals surface area contributed by atoms with Crippen molar-refractivity contribution >= 4 is 11.9 Å². The second-order valence-electron chi connectivity index (χ2n) is 6.51. The van der Waals surface area contributed by atoms with Crippen molar-refractivity contribution in [3.8, 4) is 11.4 Å². The van der Waals surface area contributed by atoms with E-state index in [1.807, 2.05) is 0 Å². The Kier molecular flexibility index (Phi) is 5.11. The molecule has 1 aliphatic carbocycles. The van der Waals surface area contributed by atoms with Gasteiger partial charge in [0.15, 0.2) is 0 Å². The van der Waals surface area contributed by atoms with E-state index in [0.717, 1.165) is 0 Å². The third-order valence-electron chi connectivity index (χ3n) is 4.64. The third-order valence-corrected chi connectivity index (χ3v) is 4.64. The molecule has 3 N–H and O–H groups in total. The van der Waals surface area contributed by atoms with Gasteiger partial charge in [-0.25, -0.2) is 4.98 Å². The highest BCUT2D eigenvalue weighted by atomic mass is 16.4. The molecule has 2 aromatic rings. The van der Waals surface area contributed by atoms with Crippen LogP contribution >= 0.6 is 0 Å². The highest BCUT2D eigenvalue weighted by Crippen LogP contribution is 2.25. The van der Waals surface area contributed by atoms with Crippen LogP contribution in [0, 0.1) is 12.8 Å². The second-order valence-corrected chi connectivity index (χ2v) is 6.51. The zero-order chi connectivity index (χ0) is 18.7. The molecule has 2 heterocycles. The molecule has 3 rings (SSSR count). The molecule has 26 heavy (non-hydrogen) atoms. The zero-order valence-electron chi connectivity index (χ0n) is 14.4. The fourth-order valence-corrected chi connectivity index (χ4v) is 3.23. The molecule has 0 aromatic carbocycles. The van der Waals surface area contributed by atoms with Gasteiger partial charge in [0, 0.05) is 35.3 Å². The van der Waals surface area contributed by atoms with Crippen molar-refractivity contribution in [3.05, 3.63) is 46.1 Å². The predicted octanol–water partition coefficient (Wildman–Crippen LogP) is 1.05. The molecule has 0 bridgehead atoms. The Morgan fingerprint density at radius 2 is 2.19 bits per heavy atom. The number of amides is 1. The lowest BCUT2D eigenvalue weighted by Crippen LogP contribution is -2.36. The maximum Gasteiger partial charge on any atom is 0.306 e. The number of aryl methyl sites for hydroxylation is 1. The van der Waals surface area contributed by atoms with Crippen LogP contribution in [0.2, 0.25) is 0 Å². The van der Waals surface area contributed by atoms with Gasteiger partial charge in [0.1, 0.15) is 5.82 Å². The Balaban J connectivity index is 1.69. The van der Waals surface area contributed by atoms with Crippen molar-refractivity contribution in [1.29, 1.82) is 0 Å². The molecule has 0 radical (unpaired) electrons. The number of aliphatic carboxylic acids is 1. The van der Waals surface area contributed by atoms with Gasteiger partial charge in [-0.2, -0.15) is 0 Å². The van der Waals surface area contributed by atoms with E-state index in [9.17, 15) is 14.4 Å². The highest BCUT2D eigenvalue weighted by molar-refractivity contribution is 5.79. The van der Waals surface area contributed by atoms with Crippen molar-refractivity contribution in [2.45, 2.75) is 38.6 Å². The first-order valence-electron chi connectivity index (χ1n) is 8.46. The molecule has 1 fully saturated rings. The van der Waals surface area contributed by atoms with Gasteiger partial charge < -0.3 is 15.4 Å². The summed E-state index contributed by atoms with van der Waals surface area (Å²) in [5, 5.41) is 11.8. The maximum absolute atomic E-state index is 12.4. The summed E-state index contributed by atoms with van der Waals surface area (Å²) in [4.78, 5) is 46.7. The van der Waals surface area contributed by atoms with Crippen LogP contribution in [0.3, 0.4) is 0 Å². The minimum atomic E-state index is -0.829. The summed E-state index contributed by atoms with van der Waals surface area (Å²) in [6.45, 7) is 1.69. The van der Waals surface area contributed by atoms with E-state index in [2.05, 4.69) is 20.3 Å². The average Bonchev–Trinajstić information content (AvgIpc) is 3.07. The lowest BCUT2D eigenvalue weighted by Gasteiger charge is -2.13. The van der Waals surface area contributed by atoms with Crippen LogP contribution in [-0.4, -0.2) is 38.0 Å². The Hall–Kier alpha value is -3.03. The Morgan fingerprint density at radius 1 is 1.38 bits per heavy atom. The highest BCUT2D eigenvalue weighted by Gasteiger charge is 2.30. The number of carbonyl (C=O) groups is 2. The number of carboxylic acid groups (broad SMARTS) is 1. The first-order valence-corrected chi connectivity index (χ1v) is 8.46. The summed E-state index contributed by atoms with van der Waals surface area (Å²) < 4.78 is 0. The summed E-state index contributed by atoms with van der Waals surface area (Å²) in [6.07, 6.45) is 4.76. The summed E-state index contributed by atoms with van der Waals surface area (Å²) in [5.41, 5.74) is 1.12. The number of rotatable bonds is 5. The third kappa shape index (κ3) is 3.96. The lowest BCUT2D eigenvalue weighted by atomic mass is 10.1. The van der Waals surface area contributed by atoms with Crippen molar-refractivity contribution in [2.75, 3.05) is 0 Å². The molecule has 136 valence electrons. The Bertz CT molecular complexity index is 879. The molecular weight excluding hydrogens is 336 g/mol. The molecule has 0 spiro atoms. The van der Waals surface area contributed by atoms with E-state index in [-0.39, 0.29) is 23.9 Å². The topological polar surface area (TPSA) is 125 Å². The molecule has 0 aliphatic heterocycles. The van der Waals surface area contributed by atoms with Crippen LogP contribution in [0.15, 0.2) is 29.3 Å². The average molecular weight is 356 g/mol. The quantitative estimate of drug-likeness (QED) is 0.735. The number of aromatic nitrogens is 3. The van der Waals surface area contributed by atoms with E-state index in [4.69, 9.17) is 5.11 Å².